The topological polar surface area (TPSA) is 17.3 Å². The highest BCUT2D eigenvalue weighted by atomic mass is 15.1. The average Bonchev–Trinajstić information content (AvgIpc) is 1.52. The first kappa shape index (κ1) is 72.9. The molecule has 2 unspecified atom stereocenters. The second-order valence-electron chi connectivity index (χ2n) is 31.3. The van der Waals surface area contributed by atoms with Crippen LogP contribution in [-0.2, 0) is 24.7 Å². The molecule has 2 aliphatic rings. The first-order chi connectivity index (χ1) is 55.4. The second-order valence-corrected chi connectivity index (χ2v) is 31.3. The first-order valence-electron chi connectivity index (χ1n) is 41.6. The van der Waals surface area contributed by atoms with Gasteiger partial charge in [-0.1, -0.05) is 364 Å². The van der Waals surface area contributed by atoms with Gasteiger partial charge in [-0.2, -0.15) is 0 Å². The van der Waals surface area contributed by atoms with Crippen LogP contribution >= 0.6 is 0 Å². The molecule has 0 saturated heterocycles. The van der Waals surface area contributed by atoms with Gasteiger partial charge in [0.1, 0.15) is 5.82 Å². The van der Waals surface area contributed by atoms with Gasteiger partial charge in [-0.25, -0.2) is 4.99 Å². The van der Waals surface area contributed by atoms with E-state index in [2.05, 4.69) is 377 Å². The molecule has 2 nitrogen and oxygen atoms in total. The van der Waals surface area contributed by atoms with Crippen LogP contribution < -0.4 is 0 Å². The Bertz CT molecular complexity index is 5780. The number of nitrogens with zero attached hydrogens (tertiary/aromatic N) is 2. The highest BCUT2D eigenvalue weighted by Gasteiger charge is 2.47. The summed E-state index contributed by atoms with van der Waals surface area (Å²) in [6.07, 6.45) is 26.3. The van der Waals surface area contributed by atoms with E-state index in [1.165, 1.54) is 221 Å². The van der Waals surface area contributed by atoms with E-state index in [0.29, 0.717) is 0 Å². The third-order valence-corrected chi connectivity index (χ3v) is 24.0. The van der Waals surface area contributed by atoms with Gasteiger partial charge in [0.25, 0.3) is 0 Å². The molecule has 0 radical (unpaired) electrons. The van der Waals surface area contributed by atoms with E-state index in [-0.39, 0.29) is 5.92 Å². The zero-order chi connectivity index (χ0) is 75.6. The molecule has 2 atom stereocenters. The van der Waals surface area contributed by atoms with E-state index < -0.39 is 5.41 Å². The number of allylic oxidation sites excluding steroid dienone is 3. The number of rotatable bonds is 27. The highest BCUT2D eigenvalue weighted by molar-refractivity contribution is 6.15. The third kappa shape index (κ3) is 15.2. The fourth-order valence-electron chi connectivity index (χ4n) is 17.8. The van der Waals surface area contributed by atoms with Crippen molar-refractivity contribution in [3.63, 3.8) is 0 Å². The van der Waals surface area contributed by atoms with Crippen molar-refractivity contribution in [1.82, 2.24) is 4.57 Å². The summed E-state index contributed by atoms with van der Waals surface area (Å²) in [7, 11) is 0. The van der Waals surface area contributed by atoms with E-state index in [9.17, 15) is 0 Å². The van der Waals surface area contributed by atoms with Crippen LogP contribution in [0, 0.1) is 0 Å². The summed E-state index contributed by atoms with van der Waals surface area (Å²) < 4.78 is 2.51. The number of aryl methyl sites for hydroxylation is 3. The predicted octanol–water partition coefficient (Wildman–Crippen LogP) is 30.2. The molecule has 14 aromatic carbocycles. The second kappa shape index (κ2) is 33.7. The first-order valence-corrected chi connectivity index (χ1v) is 41.6. The molecule has 1 aliphatic heterocycles. The molecule has 550 valence electrons. The molecule has 2 heteroatoms. The number of hydrogen-bond donors (Lipinski definition) is 0. The molecule has 0 bridgehead atoms. The Morgan fingerprint density at radius 2 is 0.714 bits per heavy atom. The number of aromatic nitrogens is 1. The van der Waals surface area contributed by atoms with Crippen molar-refractivity contribution >= 4 is 33.3 Å². The molecule has 112 heavy (non-hydrogen) atoms. The van der Waals surface area contributed by atoms with Crippen LogP contribution in [0.1, 0.15) is 160 Å². The van der Waals surface area contributed by atoms with Crippen molar-refractivity contribution in [3.05, 3.63) is 402 Å². The summed E-state index contributed by atoms with van der Waals surface area (Å²) in [6.45, 7) is 6.87. The van der Waals surface area contributed by atoms with Crippen LogP contribution in [-0.4, -0.2) is 10.3 Å². The molecular formula is C110H100N2. The lowest BCUT2D eigenvalue weighted by atomic mass is 9.67. The smallest absolute Gasteiger partial charge is 0.134 e. The molecule has 0 spiro atoms. The lowest BCUT2D eigenvalue weighted by Gasteiger charge is -2.34. The Morgan fingerprint density at radius 3 is 1.29 bits per heavy atom. The van der Waals surface area contributed by atoms with Crippen LogP contribution in [0.5, 0.6) is 0 Å². The molecule has 15 aromatic rings. The van der Waals surface area contributed by atoms with Crippen LogP contribution in [0.3, 0.4) is 0 Å². The summed E-state index contributed by atoms with van der Waals surface area (Å²) >= 11 is 0. The zero-order valence-electron chi connectivity index (χ0n) is 65.3. The highest BCUT2D eigenvalue weighted by Crippen LogP contribution is 2.58. The molecule has 2 heterocycles. The van der Waals surface area contributed by atoms with E-state index in [4.69, 9.17) is 4.99 Å². The van der Waals surface area contributed by atoms with Gasteiger partial charge in [0.15, 0.2) is 0 Å². The molecular weight excluding hydrogens is 1350 g/mol. The molecule has 0 saturated carbocycles. The van der Waals surface area contributed by atoms with Crippen molar-refractivity contribution in [2.24, 2.45) is 4.99 Å². The van der Waals surface area contributed by atoms with Gasteiger partial charge in [0.2, 0.25) is 0 Å². The lowest BCUT2D eigenvalue weighted by Crippen LogP contribution is -2.28. The number of benzene rings is 14. The van der Waals surface area contributed by atoms with Crippen molar-refractivity contribution in [1.29, 1.82) is 0 Å². The minimum absolute atomic E-state index is 0.0728. The van der Waals surface area contributed by atoms with Crippen molar-refractivity contribution in [2.45, 2.75) is 135 Å². The SMILES string of the molecule is CCCCCCc1ccc(-c2cc(-c3ccc(CCCCCC)cc3)cc(-c3cccc(-c4cccc(C5(c6ccccc6)c6ccccc6-c6cc7c8cc(-c9ccc(CCCCCC)cc9)ccc8n(C8=CCC(c9ccc(-c%10ccccc%10)cc9)C=CC(c9ccc(-c%10ccccc%10)cc9)=N8)c7cc65)c4)c3)c2)cc1. The fourth-order valence-corrected chi connectivity index (χ4v) is 17.8. The van der Waals surface area contributed by atoms with E-state index in [0.717, 1.165) is 53.8 Å². The minimum Gasteiger partial charge on any atom is -0.294 e. The Hall–Kier alpha value is -12.0. The van der Waals surface area contributed by atoms with Crippen molar-refractivity contribution in [3.8, 4) is 89.0 Å². The van der Waals surface area contributed by atoms with Crippen LogP contribution in [0.4, 0.5) is 0 Å². The molecule has 1 aromatic heterocycles. The summed E-state index contributed by atoms with van der Waals surface area (Å²) in [5.74, 6) is 0.971. The summed E-state index contributed by atoms with van der Waals surface area (Å²) in [5.41, 5.74) is 33.3. The quantitative estimate of drug-likeness (QED) is 0.0457. The maximum atomic E-state index is 5.95. The van der Waals surface area contributed by atoms with Gasteiger partial charge in [-0.15, -0.1) is 0 Å². The molecule has 17 rings (SSSR count). The predicted molar refractivity (Wildman–Crippen MR) is 479 cm³/mol. The zero-order valence-corrected chi connectivity index (χ0v) is 65.3. The van der Waals surface area contributed by atoms with Gasteiger partial charge < -0.3 is 0 Å². The van der Waals surface area contributed by atoms with Crippen LogP contribution in [0.15, 0.2) is 357 Å². The summed E-state index contributed by atoms with van der Waals surface area (Å²) in [5, 5.41) is 2.39. The lowest BCUT2D eigenvalue weighted by molar-refractivity contribution is 0.667. The van der Waals surface area contributed by atoms with Gasteiger partial charge >= 0.3 is 0 Å². The fraction of sp³-hybridized carbons (Fsp3) is 0.191. The largest absolute Gasteiger partial charge is 0.294 e. The molecule has 0 N–H and O–H groups in total. The average molecular weight is 1450 g/mol. The maximum Gasteiger partial charge on any atom is 0.134 e. The molecule has 0 amide bonds. The number of hydrogen-bond acceptors (Lipinski definition) is 1. The number of aliphatic imine (C=N–C) groups is 1. The number of fused-ring (bicyclic) bond motifs is 6. The van der Waals surface area contributed by atoms with Crippen LogP contribution in [0.2, 0.25) is 0 Å². The molecule has 1 aliphatic carbocycles. The summed E-state index contributed by atoms with van der Waals surface area (Å²) in [4.78, 5) is 5.95. The van der Waals surface area contributed by atoms with Crippen molar-refractivity contribution in [2.75, 3.05) is 0 Å². The number of unbranched alkanes of at least 4 members (excludes halogenated alkanes) is 9. The monoisotopic (exact) mass is 1450 g/mol. The van der Waals surface area contributed by atoms with Gasteiger partial charge in [-0.3, -0.25) is 4.57 Å². The van der Waals surface area contributed by atoms with Gasteiger partial charge in [0.05, 0.1) is 22.2 Å². The minimum atomic E-state index is -0.733. The maximum absolute atomic E-state index is 5.95. The Labute approximate surface area is 664 Å². The van der Waals surface area contributed by atoms with Gasteiger partial charge in [-0.05, 0) is 245 Å². The van der Waals surface area contributed by atoms with Crippen LogP contribution in [0.25, 0.3) is 117 Å². The standard InChI is InChI=1S/C110H100N2/c1-4-7-10-16-29-78-44-50-87(51-45-78)94-65-68-107-102(75-94)103-76-101-100-42-25-26-43-104(100)110(98-39-23-15-24-40-98,105(101)77-108(103)112(107)109-69-66-86(85-58-56-83(57-59-85)81-32-19-13-20-33-81)64-67-106(111-109)90-62-60-84(61-63-90)82-34-21-14-22-35-82)99-41-28-38-93(74-99)91-36-27-37-92(70-91)97-72-95(88-52-46-79(47-53-88)30-17-11-8-5-2)71-96(73-97)89-54-48-80(49-55-89)31-18-12-9-6-3/h13-15,19-28,32-65,67-77,86H,4-12,16-18,29-31,66H2,1-3H3. The van der Waals surface area contributed by atoms with E-state index in [1.807, 2.05) is 0 Å². The molecule has 0 fully saturated rings. The van der Waals surface area contributed by atoms with Crippen molar-refractivity contribution < 1.29 is 0 Å². The Kier molecular flexibility index (Phi) is 21.9. The van der Waals surface area contributed by atoms with E-state index >= 15 is 0 Å². The Balaban J connectivity index is 0.823. The van der Waals surface area contributed by atoms with E-state index in [1.54, 1.807) is 0 Å². The normalized spacial score (nSPS) is 14.5. The van der Waals surface area contributed by atoms with Gasteiger partial charge in [0, 0.05) is 22.3 Å². The summed E-state index contributed by atoms with van der Waals surface area (Å²) in [6, 6.07) is 127. The Morgan fingerprint density at radius 1 is 0.304 bits per heavy atom. The third-order valence-electron chi connectivity index (χ3n) is 24.0.